The van der Waals surface area contributed by atoms with Crippen LogP contribution in [-0.4, -0.2) is 34.2 Å². The summed E-state index contributed by atoms with van der Waals surface area (Å²) in [5.41, 5.74) is 0.850. The van der Waals surface area contributed by atoms with Crippen molar-refractivity contribution < 1.29 is 26.9 Å². The van der Waals surface area contributed by atoms with Gasteiger partial charge in [-0.3, -0.25) is 4.18 Å². The van der Waals surface area contributed by atoms with E-state index in [1.807, 2.05) is 48.7 Å². The number of hydrogen-bond donors (Lipinski definition) is 0. The molecule has 0 aliphatic carbocycles. The third-order valence-corrected chi connectivity index (χ3v) is 4.00. The van der Waals surface area contributed by atoms with E-state index in [1.165, 1.54) is 7.11 Å². The molecule has 0 N–H and O–H groups in total. The van der Waals surface area contributed by atoms with Crippen LogP contribution in [0.2, 0.25) is 0 Å². The monoisotopic (exact) mass is 384 g/mol. The summed E-state index contributed by atoms with van der Waals surface area (Å²) in [5, 5.41) is 0. The van der Waals surface area contributed by atoms with Gasteiger partial charge in [-0.15, -0.1) is 11.8 Å². The van der Waals surface area contributed by atoms with Crippen molar-refractivity contribution >= 4 is 28.0 Å². The molecule has 0 heterocycles. The summed E-state index contributed by atoms with van der Waals surface area (Å²) in [7, 11) is -2.05. The molecular formula is C17H20O6S2. The number of methoxy groups -OCH3 is 1. The molecule has 0 aliphatic heterocycles. The summed E-state index contributed by atoms with van der Waals surface area (Å²) in [6, 6.07) is 16.4. The van der Waals surface area contributed by atoms with Crippen LogP contribution < -0.4 is 4.74 Å². The molecule has 136 valence electrons. The van der Waals surface area contributed by atoms with E-state index in [0.29, 0.717) is 5.75 Å². The lowest BCUT2D eigenvalue weighted by Crippen LogP contribution is -2.06. The van der Waals surface area contributed by atoms with Gasteiger partial charge >= 0.3 is 6.16 Å². The lowest BCUT2D eigenvalue weighted by Gasteiger charge is -2.02. The first kappa shape index (κ1) is 21.0. The highest BCUT2D eigenvalue weighted by molar-refractivity contribution is 7.98. The number of thioether (sulfide) groups is 1. The van der Waals surface area contributed by atoms with Crippen LogP contribution in [0.25, 0.3) is 0 Å². The molecule has 0 bridgehead atoms. The Hall–Kier alpha value is -2.03. The minimum Gasteiger partial charge on any atom is -0.437 e. The van der Waals surface area contributed by atoms with E-state index in [4.69, 9.17) is 4.74 Å². The molecule has 0 unspecified atom stereocenters. The van der Waals surface area contributed by atoms with Gasteiger partial charge in [-0.1, -0.05) is 30.3 Å². The number of carbonyl (C=O) groups excluding carboxylic acids is 1. The molecule has 0 atom stereocenters. The van der Waals surface area contributed by atoms with Crippen LogP contribution in [0.1, 0.15) is 5.56 Å². The van der Waals surface area contributed by atoms with E-state index in [0.717, 1.165) is 16.7 Å². The fraction of sp³-hybridized carbons (Fsp3) is 0.235. The normalized spacial score (nSPS) is 10.4. The number of carbonyl (C=O) groups is 1. The Labute approximate surface area is 152 Å². The molecule has 6 nitrogen and oxygen atoms in total. The number of benzene rings is 2. The van der Waals surface area contributed by atoms with E-state index in [-0.39, 0.29) is 6.61 Å². The molecule has 2 aromatic rings. The minimum atomic E-state index is -3.32. The summed E-state index contributed by atoms with van der Waals surface area (Å²) in [6.07, 6.45) is 2.32. The molecular weight excluding hydrogens is 364 g/mol. The van der Waals surface area contributed by atoms with Crippen molar-refractivity contribution in [3.63, 3.8) is 0 Å². The van der Waals surface area contributed by atoms with Gasteiger partial charge in [0.05, 0.1) is 20.0 Å². The highest BCUT2D eigenvalue weighted by atomic mass is 32.2. The first-order valence-electron chi connectivity index (χ1n) is 7.12. The summed E-state index contributed by atoms with van der Waals surface area (Å²) in [5.74, 6) is 0.490. The Morgan fingerprint density at radius 2 is 1.64 bits per heavy atom. The van der Waals surface area contributed by atoms with Crippen LogP contribution in [0.5, 0.6) is 5.75 Å². The standard InChI is InChI=1S/C9H10O3S.C8H10O3S/c1-11-9(10)12-7-3-5-8(13-2)6-4-7;1-12(9,10)11-7-8-5-3-2-4-6-8/h3-6H,1-2H3;2-6H,7H2,1H3. The van der Waals surface area contributed by atoms with E-state index >= 15 is 0 Å². The minimum absolute atomic E-state index is 0.111. The van der Waals surface area contributed by atoms with Crippen molar-refractivity contribution in [1.82, 2.24) is 0 Å². The van der Waals surface area contributed by atoms with Gasteiger partial charge in [0.2, 0.25) is 0 Å². The fourth-order valence-electron chi connectivity index (χ4n) is 1.53. The molecule has 0 saturated heterocycles. The summed E-state index contributed by atoms with van der Waals surface area (Å²) < 4.78 is 34.9. The second-order valence-corrected chi connectivity index (χ2v) is 7.21. The number of ether oxygens (including phenoxy) is 2. The van der Waals surface area contributed by atoms with E-state index in [1.54, 1.807) is 23.9 Å². The maximum Gasteiger partial charge on any atom is 0.513 e. The fourth-order valence-corrected chi connectivity index (χ4v) is 2.29. The zero-order valence-electron chi connectivity index (χ0n) is 14.2. The van der Waals surface area contributed by atoms with Crippen molar-refractivity contribution in [2.75, 3.05) is 19.6 Å². The zero-order valence-corrected chi connectivity index (χ0v) is 15.8. The first-order valence-corrected chi connectivity index (χ1v) is 10.2. The first-order chi connectivity index (χ1) is 11.8. The molecule has 0 aliphatic rings. The second-order valence-electron chi connectivity index (χ2n) is 4.68. The molecule has 0 radical (unpaired) electrons. The SMILES string of the molecule is COC(=O)Oc1ccc(SC)cc1.CS(=O)(=O)OCc1ccccc1. The van der Waals surface area contributed by atoms with Crippen molar-refractivity contribution in [2.24, 2.45) is 0 Å². The van der Waals surface area contributed by atoms with Gasteiger partial charge in [-0.25, -0.2) is 4.79 Å². The van der Waals surface area contributed by atoms with Crippen molar-refractivity contribution in [3.05, 3.63) is 60.2 Å². The Balaban J connectivity index is 0.000000251. The number of hydrogen-bond acceptors (Lipinski definition) is 7. The highest BCUT2D eigenvalue weighted by Crippen LogP contribution is 2.19. The van der Waals surface area contributed by atoms with Crippen molar-refractivity contribution in [3.8, 4) is 5.75 Å². The lowest BCUT2D eigenvalue weighted by molar-refractivity contribution is 0.121. The van der Waals surface area contributed by atoms with E-state index in [2.05, 4.69) is 8.92 Å². The van der Waals surface area contributed by atoms with Crippen molar-refractivity contribution in [2.45, 2.75) is 11.5 Å². The molecule has 2 rings (SSSR count). The summed E-state index contributed by atoms with van der Waals surface area (Å²) >= 11 is 1.63. The number of rotatable bonds is 5. The Bertz CT molecular complexity index is 742. The molecule has 25 heavy (non-hydrogen) atoms. The highest BCUT2D eigenvalue weighted by Gasteiger charge is 2.02. The van der Waals surface area contributed by atoms with Crippen LogP contribution in [0, 0.1) is 0 Å². The largest absolute Gasteiger partial charge is 0.513 e. The van der Waals surface area contributed by atoms with Gasteiger partial charge in [0.15, 0.2) is 0 Å². The summed E-state index contributed by atoms with van der Waals surface area (Å²) in [4.78, 5) is 11.8. The summed E-state index contributed by atoms with van der Waals surface area (Å²) in [6.45, 7) is 0.111. The Kier molecular flexibility index (Phi) is 9.04. The second kappa shape index (κ2) is 10.8. The van der Waals surface area contributed by atoms with Gasteiger partial charge in [0.25, 0.3) is 10.1 Å². The molecule has 0 aromatic heterocycles. The van der Waals surface area contributed by atoms with Crippen LogP contribution in [-0.2, 0) is 25.6 Å². The quantitative estimate of drug-likeness (QED) is 0.336. The predicted octanol–water partition coefficient (Wildman–Crippen LogP) is 3.72. The van der Waals surface area contributed by atoms with Gasteiger partial charge in [0, 0.05) is 4.90 Å². The lowest BCUT2D eigenvalue weighted by atomic mass is 10.2. The van der Waals surface area contributed by atoms with E-state index < -0.39 is 16.3 Å². The van der Waals surface area contributed by atoms with Gasteiger partial charge in [-0.05, 0) is 36.1 Å². The molecule has 0 amide bonds. The topological polar surface area (TPSA) is 78.9 Å². The average molecular weight is 384 g/mol. The van der Waals surface area contributed by atoms with Gasteiger partial charge in [-0.2, -0.15) is 8.42 Å². The zero-order chi connectivity index (χ0) is 18.7. The third kappa shape index (κ3) is 9.75. The van der Waals surface area contributed by atoms with Gasteiger partial charge in [0.1, 0.15) is 5.75 Å². The molecule has 2 aromatic carbocycles. The third-order valence-electron chi connectivity index (χ3n) is 2.71. The maximum absolute atomic E-state index is 10.7. The van der Waals surface area contributed by atoms with Crippen LogP contribution in [0.3, 0.4) is 0 Å². The molecule has 0 fully saturated rings. The van der Waals surface area contributed by atoms with Crippen LogP contribution in [0.4, 0.5) is 4.79 Å². The Morgan fingerprint density at radius 1 is 1.04 bits per heavy atom. The van der Waals surface area contributed by atoms with E-state index in [9.17, 15) is 13.2 Å². The van der Waals surface area contributed by atoms with Gasteiger partial charge < -0.3 is 9.47 Å². The molecule has 8 heteroatoms. The van der Waals surface area contributed by atoms with Crippen LogP contribution in [0.15, 0.2) is 59.5 Å². The Morgan fingerprint density at radius 3 is 2.12 bits per heavy atom. The van der Waals surface area contributed by atoms with Crippen LogP contribution >= 0.6 is 11.8 Å². The van der Waals surface area contributed by atoms with Crippen molar-refractivity contribution in [1.29, 1.82) is 0 Å². The predicted molar refractivity (Wildman–Crippen MR) is 97.3 cm³/mol. The smallest absolute Gasteiger partial charge is 0.437 e. The molecule has 0 spiro atoms. The average Bonchev–Trinajstić information content (AvgIpc) is 2.61. The molecule has 0 saturated carbocycles. The maximum atomic E-state index is 10.7.